The average molecular weight is 203 g/mol. The maximum Gasteiger partial charge on any atom is 0.250 e. The summed E-state index contributed by atoms with van der Waals surface area (Å²) < 4.78 is 1.86. The number of nitrogens with one attached hydrogen (secondary N) is 1. The standard InChI is InChI=1S/C10H13N5/c1-3-11-4-2-8(1)9-7-13-10-12-5-6-14-15(9)10/h5-8,11H,1-4H2. The number of nitrogens with zero attached hydrogens (tertiary/aromatic N) is 4. The van der Waals surface area contributed by atoms with Gasteiger partial charge in [0.25, 0.3) is 5.78 Å². The first-order valence-electron chi connectivity index (χ1n) is 5.30. The molecule has 3 heterocycles. The van der Waals surface area contributed by atoms with Crippen molar-refractivity contribution >= 4 is 5.78 Å². The summed E-state index contributed by atoms with van der Waals surface area (Å²) in [6.07, 6.45) is 7.61. The van der Waals surface area contributed by atoms with Gasteiger partial charge in [-0.15, -0.1) is 0 Å². The SMILES string of the molecule is c1cnn2c(C3CCNCC3)cnc2n1. The molecule has 0 amide bonds. The zero-order valence-electron chi connectivity index (χ0n) is 8.43. The minimum Gasteiger partial charge on any atom is -0.317 e. The highest BCUT2D eigenvalue weighted by Crippen LogP contribution is 2.24. The van der Waals surface area contributed by atoms with Gasteiger partial charge >= 0.3 is 0 Å². The Morgan fingerprint density at radius 2 is 2.07 bits per heavy atom. The molecule has 1 N–H and O–H groups in total. The van der Waals surface area contributed by atoms with Crippen LogP contribution in [0.2, 0.25) is 0 Å². The Morgan fingerprint density at radius 1 is 1.20 bits per heavy atom. The number of rotatable bonds is 1. The molecule has 0 spiro atoms. The molecule has 0 aromatic carbocycles. The van der Waals surface area contributed by atoms with Gasteiger partial charge in [0.05, 0.1) is 24.3 Å². The molecule has 15 heavy (non-hydrogen) atoms. The third kappa shape index (κ3) is 1.48. The lowest BCUT2D eigenvalue weighted by molar-refractivity contribution is 0.448. The molecule has 2 aromatic heterocycles. The third-order valence-electron chi connectivity index (χ3n) is 2.94. The van der Waals surface area contributed by atoms with Crippen molar-refractivity contribution < 1.29 is 0 Å². The van der Waals surface area contributed by atoms with E-state index in [2.05, 4.69) is 20.4 Å². The Balaban J connectivity index is 2.02. The monoisotopic (exact) mass is 203 g/mol. The van der Waals surface area contributed by atoms with Gasteiger partial charge in [-0.3, -0.25) is 0 Å². The highest BCUT2D eigenvalue weighted by Gasteiger charge is 2.19. The van der Waals surface area contributed by atoms with Crippen molar-refractivity contribution in [2.24, 2.45) is 0 Å². The van der Waals surface area contributed by atoms with Crippen molar-refractivity contribution in [3.63, 3.8) is 0 Å². The summed E-state index contributed by atoms with van der Waals surface area (Å²) in [5, 5.41) is 7.65. The largest absolute Gasteiger partial charge is 0.317 e. The molecule has 78 valence electrons. The van der Waals surface area contributed by atoms with E-state index >= 15 is 0 Å². The maximum atomic E-state index is 4.29. The number of hydrogen-bond acceptors (Lipinski definition) is 4. The second-order valence-corrected chi connectivity index (χ2v) is 3.86. The predicted molar refractivity (Wildman–Crippen MR) is 55.6 cm³/mol. The number of imidazole rings is 1. The first-order valence-corrected chi connectivity index (χ1v) is 5.30. The van der Waals surface area contributed by atoms with Crippen LogP contribution in [0.5, 0.6) is 0 Å². The molecule has 1 fully saturated rings. The molecule has 0 unspecified atom stereocenters. The van der Waals surface area contributed by atoms with Crippen LogP contribution < -0.4 is 5.32 Å². The van der Waals surface area contributed by atoms with Gasteiger partial charge in [0, 0.05) is 5.92 Å². The predicted octanol–water partition coefficient (Wildman–Crippen LogP) is 0.591. The van der Waals surface area contributed by atoms with Gasteiger partial charge in [0.2, 0.25) is 0 Å². The van der Waals surface area contributed by atoms with Crippen LogP contribution in [0.25, 0.3) is 5.78 Å². The van der Waals surface area contributed by atoms with Crippen LogP contribution in [0.4, 0.5) is 0 Å². The van der Waals surface area contributed by atoms with Crippen LogP contribution in [0.15, 0.2) is 18.6 Å². The molecule has 5 heteroatoms. The summed E-state index contributed by atoms with van der Waals surface area (Å²) in [6, 6.07) is 0. The molecule has 3 rings (SSSR count). The van der Waals surface area contributed by atoms with Crippen LogP contribution in [0.3, 0.4) is 0 Å². The second-order valence-electron chi connectivity index (χ2n) is 3.86. The summed E-state index contributed by atoms with van der Waals surface area (Å²) in [5.74, 6) is 1.27. The van der Waals surface area contributed by atoms with Crippen molar-refractivity contribution in [1.82, 2.24) is 24.9 Å². The Morgan fingerprint density at radius 3 is 2.93 bits per heavy atom. The van der Waals surface area contributed by atoms with Gasteiger partial charge in [-0.2, -0.15) is 5.10 Å². The lowest BCUT2D eigenvalue weighted by atomic mass is 9.95. The van der Waals surface area contributed by atoms with E-state index in [4.69, 9.17) is 0 Å². The van der Waals surface area contributed by atoms with Gasteiger partial charge in [0.15, 0.2) is 0 Å². The van der Waals surface area contributed by atoms with Crippen LogP contribution in [-0.4, -0.2) is 32.7 Å². The minimum atomic E-state index is 0.568. The first-order chi connectivity index (χ1) is 7.45. The Hall–Kier alpha value is -1.49. The molecule has 0 aliphatic carbocycles. The van der Waals surface area contributed by atoms with Crippen LogP contribution in [0.1, 0.15) is 24.5 Å². The van der Waals surface area contributed by atoms with Crippen molar-refractivity contribution in [1.29, 1.82) is 0 Å². The van der Waals surface area contributed by atoms with E-state index in [-0.39, 0.29) is 0 Å². The van der Waals surface area contributed by atoms with Crippen molar-refractivity contribution in [2.75, 3.05) is 13.1 Å². The maximum absolute atomic E-state index is 4.29. The molecule has 0 bridgehead atoms. The van der Waals surface area contributed by atoms with Gasteiger partial charge in [-0.05, 0) is 25.9 Å². The average Bonchev–Trinajstić information content (AvgIpc) is 2.74. The summed E-state index contributed by atoms with van der Waals surface area (Å²) in [5.41, 5.74) is 1.19. The lowest BCUT2D eigenvalue weighted by Gasteiger charge is -2.21. The highest BCUT2D eigenvalue weighted by molar-refractivity contribution is 5.29. The number of hydrogen-bond donors (Lipinski definition) is 1. The van der Waals surface area contributed by atoms with Gasteiger partial charge in [0.1, 0.15) is 0 Å². The summed E-state index contributed by atoms with van der Waals surface area (Å²) >= 11 is 0. The minimum absolute atomic E-state index is 0.568. The molecular formula is C10H13N5. The molecule has 0 radical (unpaired) electrons. The number of piperidine rings is 1. The zero-order valence-corrected chi connectivity index (χ0v) is 8.43. The fraction of sp³-hybridized carbons (Fsp3) is 0.500. The fourth-order valence-electron chi connectivity index (χ4n) is 2.15. The zero-order chi connectivity index (χ0) is 10.1. The Bertz CT molecular complexity index is 458. The molecule has 0 saturated carbocycles. The Labute approximate surface area is 87.5 Å². The van der Waals surface area contributed by atoms with E-state index in [0.717, 1.165) is 25.9 Å². The summed E-state index contributed by atoms with van der Waals surface area (Å²) in [7, 11) is 0. The second kappa shape index (κ2) is 3.58. The molecule has 0 atom stereocenters. The topological polar surface area (TPSA) is 55.1 Å². The van der Waals surface area contributed by atoms with E-state index in [1.165, 1.54) is 5.69 Å². The fourth-order valence-corrected chi connectivity index (χ4v) is 2.15. The van der Waals surface area contributed by atoms with Crippen LogP contribution >= 0.6 is 0 Å². The lowest BCUT2D eigenvalue weighted by Crippen LogP contribution is -2.27. The molecule has 2 aromatic rings. The molecule has 1 saturated heterocycles. The number of fused-ring (bicyclic) bond motifs is 1. The van der Waals surface area contributed by atoms with Crippen LogP contribution in [0, 0.1) is 0 Å². The quantitative estimate of drug-likeness (QED) is 0.737. The molecule has 1 aliphatic heterocycles. The normalized spacial score (nSPS) is 18.4. The van der Waals surface area contributed by atoms with E-state index in [9.17, 15) is 0 Å². The molecular weight excluding hydrogens is 190 g/mol. The van der Waals surface area contributed by atoms with E-state index in [1.54, 1.807) is 12.4 Å². The van der Waals surface area contributed by atoms with Crippen molar-refractivity contribution in [3.05, 3.63) is 24.3 Å². The first kappa shape index (κ1) is 8.79. The molecule has 5 nitrogen and oxygen atoms in total. The Kier molecular flexibility index (Phi) is 2.10. The summed E-state index contributed by atoms with van der Waals surface area (Å²) in [6.45, 7) is 2.16. The van der Waals surface area contributed by atoms with E-state index in [1.807, 2.05) is 10.7 Å². The van der Waals surface area contributed by atoms with Gasteiger partial charge in [-0.1, -0.05) is 0 Å². The van der Waals surface area contributed by atoms with Crippen molar-refractivity contribution in [2.45, 2.75) is 18.8 Å². The van der Waals surface area contributed by atoms with Crippen LogP contribution in [-0.2, 0) is 0 Å². The van der Waals surface area contributed by atoms with E-state index in [0.29, 0.717) is 11.7 Å². The molecule has 1 aliphatic rings. The van der Waals surface area contributed by atoms with E-state index < -0.39 is 0 Å². The number of aromatic nitrogens is 4. The van der Waals surface area contributed by atoms with Crippen molar-refractivity contribution in [3.8, 4) is 0 Å². The van der Waals surface area contributed by atoms with Gasteiger partial charge in [-0.25, -0.2) is 14.5 Å². The third-order valence-corrected chi connectivity index (χ3v) is 2.94. The smallest absolute Gasteiger partial charge is 0.250 e. The summed E-state index contributed by atoms with van der Waals surface area (Å²) in [4.78, 5) is 8.43. The highest BCUT2D eigenvalue weighted by atomic mass is 15.3. The van der Waals surface area contributed by atoms with Gasteiger partial charge < -0.3 is 5.32 Å².